The number of phenols is 1. The predicted molar refractivity (Wildman–Crippen MR) is 98.2 cm³/mol. The lowest BCUT2D eigenvalue weighted by molar-refractivity contribution is -0.113. The number of carbonyl (C=O) groups excluding carboxylic acids is 1. The van der Waals surface area contributed by atoms with E-state index in [1.165, 1.54) is 23.4 Å². The number of aryl methyl sites for hydroxylation is 1. The van der Waals surface area contributed by atoms with E-state index >= 15 is 0 Å². The van der Waals surface area contributed by atoms with Gasteiger partial charge in [0.1, 0.15) is 12.1 Å². The quantitative estimate of drug-likeness (QED) is 0.525. The molecule has 0 bridgehead atoms. The highest BCUT2D eigenvalue weighted by Crippen LogP contribution is 2.24. The number of anilines is 1. The van der Waals surface area contributed by atoms with Crippen LogP contribution in [0.3, 0.4) is 0 Å². The average Bonchev–Trinajstić information content (AvgIpc) is 3.10. The lowest BCUT2D eigenvalue weighted by Gasteiger charge is -2.11. The topological polar surface area (TPSA) is 80.0 Å². The van der Waals surface area contributed by atoms with Gasteiger partial charge in [-0.15, -0.1) is 10.2 Å². The minimum atomic E-state index is -0.218. The second kappa shape index (κ2) is 7.85. The summed E-state index contributed by atoms with van der Waals surface area (Å²) in [5.74, 6) is -0.00729. The Bertz CT molecular complexity index is 879. The predicted octanol–water partition coefficient (Wildman–Crippen LogP) is 3.27. The molecular weight excluding hydrogens is 336 g/mol. The average molecular weight is 354 g/mol. The zero-order valence-electron chi connectivity index (χ0n) is 13.7. The van der Waals surface area contributed by atoms with Crippen LogP contribution < -0.4 is 5.32 Å². The summed E-state index contributed by atoms with van der Waals surface area (Å²) in [7, 11) is 0. The first-order valence-electron chi connectivity index (χ1n) is 7.88. The van der Waals surface area contributed by atoms with Crippen LogP contribution in [0.4, 0.5) is 5.69 Å². The van der Waals surface area contributed by atoms with Crippen LogP contribution in [0.25, 0.3) is 5.69 Å². The molecule has 25 heavy (non-hydrogen) atoms. The molecule has 3 aromatic rings. The molecule has 3 rings (SSSR count). The monoisotopic (exact) mass is 354 g/mol. The fourth-order valence-corrected chi connectivity index (χ4v) is 3.15. The number of nitrogens with one attached hydrogen (secondary N) is 1. The van der Waals surface area contributed by atoms with E-state index in [0.717, 1.165) is 12.1 Å². The molecule has 2 aromatic carbocycles. The van der Waals surface area contributed by atoms with Crippen LogP contribution in [0, 0.1) is 0 Å². The Morgan fingerprint density at radius 2 is 1.96 bits per heavy atom. The summed E-state index contributed by atoms with van der Waals surface area (Å²) in [6, 6.07) is 14.7. The normalized spacial score (nSPS) is 10.6. The van der Waals surface area contributed by atoms with Crippen LogP contribution in [0.15, 0.2) is 60.0 Å². The highest BCUT2D eigenvalue weighted by molar-refractivity contribution is 7.99. The zero-order valence-corrected chi connectivity index (χ0v) is 14.5. The molecule has 0 saturated carbocycles. The van der Waals surface area contributed by atoms with Crippen molar-refractivity contribution in [3.8, 4) is 11.4 Å². The number of rotatable bonds is 6. The number of thioether (sulfide) groups is 1. The van der Waals surface area contributed by atoms with Crippen LogP contribution in [0.1, 0.15) is 12.5 Å². The van der Waals surface area contributed by atoms with Crippen molar-refractivity contribution in [1.82, 2.24) is 14.8 Å². The van der Waals surface area contributed by atoms with Gasteiger partial charge in [0.05, 0.1) is 17.1 Å². The summed E-state index contributed by atoms with van der Waals surface area (Å²) in [5, 5.41) is 21.1. The molecule has 0 radical (unpaired) electrons. The van der Waals surface area contributed by atoms with Gasteiger partial charge < -0.3 is 10.4 Å². The maximum atomic E-state index is 12.1. The summed E-state index contributed by atoms with van der Waals surface area (Å²) < 4.78 is 1.89. The molecule has 0 spiro atoms. The number of para-hydroxylation sites is 3. The molecule has 1 amide bonds. The minimum absolute atomic E-state index is 0.0425. The lowest BCUT2D eigenvalue weighted by atomic mass is 10.1. The molecule has 1 heterocycles. The van der Waals surface area contributed by atoms with Gasteiger partial charge in [-0.05, 0) is 30.2 Å². The third kappa shape index (κ3) is 4.00. The van der Waals surface area contributed by atoms with Crippen LogP contribution in [-0.2, 0) is 11.2 Å². The Hall–Kier alpha value is -2.80. The molecule has 2 N–H and O–H groups in total. The minimum Gasteiger partial charge on any atom is -0.506 e. The maximum absolute atomic E-state index is 12.1. The zero-order chi connectivity index (χ0) is 17.6. The first-order valence-corrected chi connectivity index (χ1v) is 8.86. The fraction of sp³-hybridized carbons (Fsp3) is 0.167. The standard InChI is InChI=1S/C18H18N4O2S/c1-2-13-7-3-5-9-15(13)22-12-19-21-18(22)25-11-17(24)20-14-8-4-6-10-16(14)23/h3-10,12,23H,2,11H2,1H3,(H,20,24). The molecule has 0 atom stereocenters. The van der Waals surface area contributed by atoms with Gasteiger partial charge in [0.25, 0.3) is 0 Å². The van der Waals surface area contributed by atoms with E-state index in [0.29, 0.717) is 10.8 Å². The number of aromatic nitrogens is 3. The van der Waals surface area contributed by atoms with E-state index in [1.807, 2.05) is 22.8 Å². The largest absolute Gasteiger partial charge is 0.506 e. The Morgan fingerprint density at radius 3 is 2.76 bits per heavy atom. The molecule has 0 aliphatic heterocycles. The molecular formula is C18H18N4O2S. The van der Waals surface area contributed by atoms with Gasteiger partial charge in [-0.1, -0.05) is 49.0 Å². The van der Waals surface area contributed by atoms with Gasteiger partial charge in [-0.3, -0.25) is 9.36 Å². The van der Waals surface area contributed by atoms with E-state index in [4.69, 9.17) is 0 Å². The lowest BCUT2D eigenvalue weighted by Crippen LogP contribution is -2.14. The first-order chi connectivity index (χ1) is 12.2. The smallest absolute Gasteiger partial charge is 0.234 e. The molecule has 6 nitrogen and oxygen atoms in total. The van der Waals surface area contributed by atoms with E-state index in [9.17, 15) is 9.90 Å². The van der Waals surface area contributed by atoms with E-state index in [1.54, 1.807) is 24.5 Å². The number of hydrogen-bond acceptors (Lipinski definition) is 5. The van der Waals surface area contributed by atoms with Crippen molar-refractivity contribution >= 4 is 23.4 Å². The SMILES string of the molecule is CCc1ccccc1-n1cnnc1SCC(=O)Nc1ccccc1O. The van der Waals surface area contributed by atoms with E-state index in [-0.39, 0.29) is 17.4 Å². The Kier molecular flexibility index (Phi) is 5.35. The molecule has 128 valence electrons. The number of benzene rings is 2. The maximum Gasteiger partial charge on any atom is 0.234 e. The van der Waals surface area contributed by atoms with Crippen molar-refractivity contribution in [3.05, 3.63) is 60.4 Å². The van der Waals surface area contributed by atoms with Crippen molar-refractivity contribution in [3.63, 3.8) is 0 Å². The molecule has 1 aromatic heterocycles. The van der Waals surface area contributed by atoms with Crippen molar-refractivity contribution in [1.29, 1.82) is 0 Å². The third-order valence-electron chi connectivity index (χ3n) is 3.66. The molecule has 7 heteroatoms. The second-order valence-electron chi connectivity index (χ2n) is 5.32. The second-order valence-corrected chi connectivity index (χ2v) is 6.26. The third-order valence-corrected chi connectivity index (χ3v) is 4.60. The van der Waals surface area contributed by atoms with Crippen LogP contribution in [0.5, 0.6) is 5.75 Å². The molecule has 0 saturated heterocycles. The molecule has 0 unspecified atom stereocenters. The highest BCUT2D eigenvalue weighted by atomic mass is 32.2. The summed E-state index contributed by atoms with van der Waals surface area (Å²) in [6.45, 7) is 2.09. The Balaban J connectivity index is 1.70. The number of carbonyl (C=O) groups is 1. The first kappa shape index (κ1) is 17.0. The molecule has 0 aliphatic rings. The van der Waals surface area contributed by atoms with Gasteiger partial charge >= 0.3 is 0 Å². The highest BCUT2D eigenvalue weighted by Gasteiger charge is 2.13. The summed E-state index contributed by atoms with van der Waals surface area (Å²) in [6.07, 6.45) is 2.55. The number of phenolic OH excluding ortho intramolecular Hbond substituents is 1. The van der Waals surface area contributed by atoms with Crippen LogP contribution >= 0.6 is 11.8 Å². The van der Waals surface area contributed by atoms with Crippen LogP contribution in [-0.4, -0.2) is 31.5 Å². The summed E-state index contributed by atoms with van der Waals surface area (Å²) in [5.41, 5.74) is 2.59. The summed E-state index contributed by atoms with van der Waals surface area (Å²) >= 11 is 1.30. The van der Waals surface area contributed by atoms with Crippen molar-refractivity contribution in [2.45, 2.75) is 18.5 Å². The van der Waals surface area contributed by atoms with Crippen molar-refractivity contribution < 1.29 is 9.90 Å². The molecule has 0 aliphatic carbocycles. The fourth-order valence-electron chi connectivity index (χ4n) is 2.43. The van der Waals surface area contributed by atoms with Crippen molar-refractivity contribution in [2.24, 2.45) is 0 Å². The number of amides is 1. The Morgan fingerprint density at radius 1 is 1.20 bits per heavy atom. The van der Waals surface area contributed by atoms with Gasteiger partial charge in [0, 0.05) is 0 Å². The van der Waals surface area contributed by atoms with E-state index < -0.39 is 0 Å². The number of aromatic hydroxyl groups is 1. The number of nitrogens with zero attached hydrogens (tertiary/aromatic N) is 3. The van der Waals surface area contributed by atoms with E-state index in [2.05, 4.69) is 28.5 Å². The van der Waals surface area contributed by atoms with Gasteiger partial charge in [0.15, 0.2) is 5.16 Å². The van der Waals surface area contributed by atoms with Gasteiger partial charge in [-0.2, -0.15) is 0 Å². The summed E-state index contributed by atoms with van der Waals surface area (Å²) in [4.78, 5) is 12.1. The van der Waals surface area contributed by atoms with Crippen molar-refractivity contribution in [2.75, 3.05) is 11.1 Å². The van der Waals surface area contributed by atoms with Gasteiger partial charge in [0.2, 0.25) is 5.91 Å². The van der Waals surface area contributed by atoms with Crippen LogP contribution in [0.2, 0.25) is 0 Å². The molecule has 0 fully saturated rings. The Labute approximate surface area is 149 Å². The number of hydrogen-bond donors (Lipinski definition) is 2. The van der Waals surface area contributed by atoms with Gasteiger partial charge in [-0.25, -0.2) is 0 Å².